The lowest BCUT2D eigenvalue weighted by Gasteiger charge is -2.35. The largest absolute Gasteiger partial charge is 0.322 e. The van der Waals surface area contributed by atoms with Crippen molar-refractivity contribution in [1.29, 1.82) is 0 Å². The predicted molar refractivity (Wildman–Crippen MR) is 100 cm³/mol. The van der Waals surface area contributed by atoms with Gasteiger partial charge in [0.15, 0.2) is 0 Å². The summed E-state index contributed by atoms with van der Waals surface area (Å²) in [7, 11) is 0. The van der Waals surface area contributed by atoms with Crippen LogP contribution in [-0.2, 0) is 15.0 Å². The molecule has 0 saturated carbocycles. The molecule has 0 aliphatic carbocycles. The number of nitrogens with one attached hydrogen (secondary N) is 2. The summed E-state index contributed by atoms with van der Waals surface area (Å²) in [4.78, 5) is 36.1. The summed E-state index contributed by atoms with van der Waals surface area (Å²) in [5.41, 5.74) is 1.28. The third-order valence-electron chi connectivity index (χ3n) is 4.87. The molecule has 2 N–H and O–H groups in total. The molecule has 1 heterocycles. The summed E-state index contributed by atoms with van der Waals surface area (Å²) in [5.74, 6) is -0.722. The van der Waals surface area contributed by atoms with Gasteiger partial charge in [0.05, 0.1) is 5.41 Å². The van der Waals surface area contributed by atoms with Gasteiger partial charge in [0, 0.05) is 22.7 Å². The molecule has 1 aliphatic heterocycles. The van der Waals surface area contributed by atoms with Crippen LogP contribution in [0, 0.1) is 0 Å². The molecule has 1 aliphatic rings. The number of benzene rings is 2. The van der Waals surface area contributed by atoms with Gasteiger partial charge in [-0.2, -0.15) is 0 Å². The lowest BCUT2D eigenvalue weighted by Crippen LogP contribution is -2.51. The molecule has 2 aromatic carbocycles. The van der Waals surface area contributed by atoms with E-state index in [9.17, 15) is 14.4 Å². The molecule has 1 saturated heterocycles. The van der Waals surface area contributed by atoms with Gasteiger partial charge < -0.3 is 5.32 Å². The van der Waals surface area contributed by atoms with E-state index in [0.717, 1.165) is 5.56 Å². The van der Waals surface area contributed by atoms with Gasteiger partial charge in [-0.1, -0.05) is 30.7 Å². The molecule has 3 amide bonds. The molecular formula is C20H19ClN2O3. The van der Waals surface area contributed by atoms with E-state index in [1.807, 2.05) is 19.1 Å². The third kappa shape index (κ3) is 3.48. The summed E-state index contributed by atoms with van der Waals surface area (Å²) in [6.45, 7) is 1.94. The van der Waals surface area contributed by atoms with Gasteiger partial charge in [-0.15, -0.1) is 0 Å². The van der Waals surface area contributed by atoms with E-state index in [-0.39, 0.29) is 17.7 Å². The first kappa shape index (κ1) is 18.1. The van der Waals surface area contributed by atoms with E-state index in [4.69, 9.17) is 11.6 Å². The average Bonchev–Trinajstić information content (AvgIpc) is 2.64. The van der Waals surface area contributed by atoms with Crippen LogP contribution in [0.1, 0.15) is 42.1 Å². The molecule has 6 heteroatoms. The first-order valence-corrected chi connectivity index (χ1v) is 8.84. The van der Waals surface area contributed by atoms with Crippen molar-refractivity contribution in [2.75, 3.05) is 5.32 Å². The highest BCUT2D eigenvalue weighted by Crippen LogP contribution is 2.36. The van der Waals surface area contributed by atoms with Gasteiger partial charge in [0.25, 0.3) is 5.91 Å². The van der Waals surface area contributed by atoms with Crippen LogP contribution in [0.3, 0.4) is 0 Å². The molecule has 1 fully saturated rings. The summed E-state index contributed by atoms with van der Waals surface area (Å²) < 4.78 is 0. The average molecular weight is 371 g/mol. The molecule has 2 aromatic rings. The molecule has 0 aromatic heterocycles. The van der Waals surface area contributed by atoms with E-state index in [2.05, 4.69) is 10.6 Å². The zero-order chi connectivity index (χ0) is 18.7. The van der Waals surface area contributed by atoms with Gasteiger partial charge in [-0.05, 0) is 54.8 Å². The van der Waals surface area contributed by atoms with Crippen LogP contribution in [0.5, 0.6) is 0 Å². The zero-order valence-electron chi connectivity index (χ0n) is 14.3. The maximum Gasteiger partial charge on any atom is 0.255 e. The summed E-state index contributed by atoms with van der Waals surface area (Å²) >= 11 is 5.83. The minimum absolute atomic E-state index is 0.231. The Kier molecular flexibility index (Phi) is 5.09. The smallest absolute Gasteiger partial charge is 0.255 e. The van der Waals surface area contributed by atoms with Crippen molar-refractivity contribution in [2.24, 2.45) is 0 Å². The van der Waals surface area contributed by atoms with Gasteiger partial charge >= 0.3 is 0 Å². The highest BCUT2D eigenvalue weighted by atomic mass is 35.5. The minimum Gasteiger partial charge on any atom is -0.322 e. The van der Waals surface area contributed by atoms with Gasteiger partial charge in [0.1, 0.15) is 0 Å². The fourth-order valence-corrected chi connectivity index (χ4v) is 3.37. The normalized spacial score (nSPS) is 19.8. The van der Waals surface area contributed by atoms with E-state index >= 15 is 0 Å². The Hall–Kier alpha value is -2.66. The quantitative estimate of drug-likeness (QED) is 0.806. The Labute approximate surface area is 156 Å². The van der Waals surface area contributed by atoms with Crippen LogP contribution in [-0.4, -0.2) is 17.7 Å². The van der Waals surface area contributed by atoms with Crippen molar-refractivity contribution < 1.29 is 14.4 Å². The number of anilines is 1. The lowest BCUT2D eigenvalue weighted by atomic mass is 9.72. The Morgan fingerprint density at radius 1 is 1.12 bits per heavy atom. The molecule has 134 valence electrons. The first-order chi connectivity index (χ1) is 12.4. The molecule has 26 heavy (non-hydrogen) atoms. The van der Waals surface area contributed by atoms with E-state index in [0.29, 0.717) is 35.5 Å². The number of carbonyl (C=O) groups excluding carboxylic acids is 3. The summed E-state index contributed by atoms with van der Waals surface area (Å²) in [6, 6.07) is 13.8. The second-order valence-electron chi connectivity index (χ2n) is 6.35. The maximum atomic E-state index is 12.4. The highest BCUT2D eigenvalue weighted by Gasteiger charge is 2.42. The topological polar surface area (TPSA) is 75.3 Å². The number of amides is 3. The number of hydrogen-bond acceptors (Lipinski definition) is 3. The molecule has 1 atom stereocenters. The second-order valence-corrected chi connectivity index (χ2v) is 6.79. The number of imide groups is 1. The molecule has 0 spiro atoms. The lowest BCUT2D eigenvalue weighted by molar-refractivity contribution is -0.138. The van der Waals surface area contributed by atoms with Crippen LogP contribution in [0.25, 0.3) is 0 Å². The number of carbonyl (C=O) groups is 3. The fourth-order valence-electron chi connectivity index (χ4n) is 3.24. The second kappa shape index (κ2) is 7.30. The van der Waals surface area contributed by atoms with Gasteiger partial charge in [-0.25, -0.2) is 0 Å². The van der Waals surface area contributed by atoms with Crippen LogP contribution in [0.4, 0.5) is 5.69 Å². The standard InChI is InChI=1S/C20H19ClN2O3/c1-2-20(12-11-17(24)23-19(20)26)14-5-9-16(10-6-14)22-18(25)13-3-7-15(21)8-4-13/h3-10H,2,11-12H2,1H3,(H,22,25)(H,23,24,26)/t20-/m1/s1. The van der Waals surface area contributed by atoms with Crippen molar-refractivity contribution >= 4 is 35.0 Å². The number of piperidine rings is 1. The number of hydrogen-bond donors (Lipinski definition) is 2. The SMILES string of the molecule is CC[C@]1(c2ccc(NC(=O)c3ccc(Cl)cc3)cc2)CCC(=O)NC1=O. The van der Waals surface area contributed by atoms with Crippen molar-refractivity contribution in [3.63, 3.8) is 0 Å². The predicted octanol–water partition coefficient (Wildman–Crippen LogP) is 3.68. The molecule has 5 nitrogen and oxygen atoms in total. The summed E-state index contributed by atoms with van der Waals surface area (Å²) in [6.07, 6.45) is 1.42. The van der Waals surface area contributed by atoms with Crippen LogP contribution in [0.15, 0.2) is 48.5 Å². The van der Waals surface area contributed by atoms with E-state index in [1.165, 1.54) is 0 Å². The Balaban J connectivity index is 1.77. The van der Waals surface area contributed by atoms with Gasteiger partial charge in [-0.3, -0.25) is 19.7 Å². The van der Waals surface area contributed by atoms with Crippen molar-refractivity contribution in [1.82, 2.24) is 5.32 Å². The van der Waals surface area contributed by atoms with Crippen LogP contribution >= 0.6 is 11.6 Å². The molecule has 3 rings (SSSR count). The van der Waals surface area contributed by atoms with E-state index in [1.54, 1.807) is 36.4 Å². The first-order valence-electron chi connectivity index (χ1n) is 8.46. The highest BCUT2D eigenvalue weighted by molar-refractivity contribution is 6.30. The Bertz CT molecular complexity index is 846. The maximum absolute atomic E-state index is 12.4. The zero-order valence-corrected chi connectivity index (χ0v) is 15.1. The third-order valence-corrected chi connectivity index (χ3v) is 5.12. The van der Waals surface area contributed by atoms with Crippen LogP contribution in [0.2, 0.25) is 5.02 Å². The molecule has 0 bridgehead atoms. The number of halogens is 1. The minimum atomic E-state index is -0.702. The number of rotatable bonds is 4. The van der Waals surface area contributed by atoms with E-state index < -0.39 is 5.41 Å². The van der Waals surface area contributed by atoms with Crippen molar-refractivity contribution in [2.45, 2.75) is 31.6 Å². The molecular weight excluding hydrogens is 352 g/mol. The fraction of sp³-hybridized carbons (Fsp3) is 0.250. The molecule has 0 unspecified atom stereocenters. The van der Waals surface area contributed by atoms with Crippen molar-refractivity contribution in [3.8, 4) is 0 Å². The van der Waals surface area contributed by atoms with Gasteiger partial charge in [0.2, 0.25) is 11.8 Å². The summed E-state index contributed by atoms with van der Waals surface area (Å²) in [5, 5.41) is 5.82. The monoisotopic (exact) mass is 370 g/mol. The Morgan fingerprint density at radius 2 is 1.77 bits per heavy atom. The molecule has 0 radical (unpaired) electrons. The Morgan fingerprint density at radius 3 is 2.35 bits per heavy atom. The van der Waals surface area contributed by atoms with Crippen molar-refractivity contribution in [3.05, 3.63) is 64.7 Å². The van der Waals surface area contributed by atoms with Crippen LogP contribution < -0.4 is 10.6 Å².